The molecule has 120 valence electrons. The number of thiazole rings is 1. The molecule has 2 heterocycles. The van der Waals surface area contributed by atoms with Gasteiger partial charge >= 0.3 is 0 Å². The van der Waals surface area contributed by atoms with E-state index in [1.165, 1.54) is 11.3 Å². The Kier molecular flexibility index (Phi) is 4.04. The van der Waals surface area contributed by atoms with Gasteiger partial charge in [0.2, 0.25) is 5.91 Å². The second-order valence-corrected chi connectivity index (χ2v) is 6.45. The minimum Gasteiger partial charge on any atom is -0.482 e. The Bertz CT molecular complexity index is 785. The Balaban J connectivity index is 1.96. The number of nitrogens with one attached hydrogen (secondary N) is 1. The molecule has 0 aliphatic carbocycles. The van der Waals surface area contributed by atoms with E-state index in [4.69, 9.17) is 4.74 Å². The van der Waals surface area contributed by atoms with Crippen LogP contribution in [0.25, 0.3) is 11.3 Å². The minimum atomic E-state index is -0.0828. The lowest BCUT2D eigenvalue weighted by Gasteiger charge is -2.26. The molecule has 1 aromatic carbocycles. The number of nitrogens with zero attached hydrogens (tertiary/aromatic N) is 2. The van der Waals surface area contributed by atoms with Crippen LogP contribution < -0.4 is 15.0 Å². The molecule has 1 N–H and O–H groups in total. The molecule has 23 heavy (non-hydrogen) atoms. The number of ether oxygens (including phenoxy) is 1. The van der Waals surface area contributed by atoms with E-state index in [9.17, 15) is 9.59 Å². The highest BCUT2D eigenvalue weighted by Gasteiger charge is 2.23. The second kappa shape index (κ2) is 6.00. The third kappa shape index (κ3) is 2.92. The van der Waals surface area contributed by atoms with Crippen molar-refractivity contribution in [1.29, 1.82) is 0 Å². The molecule has 0 unspecified atom stereocenters. The zero-order valence-corrected chi connectivity index (χ0v) is 14.0. The fourth-order valence-electron chi connectivity index (χ4n) is 2.34. The summed E-state index contributed by atoms with van der Waals surface area (Å²) in [6.07, 6.45) is 0.414. The molecule has 0 saturated heterocycles. The fraction of sp³-hybridized carbons (Fsp3) is 0.312. The van der Waals surface area contributed by atoms with Gasteiger partial charge in [0.25, 0.3) is 5.91 Å². The number of anilines is 2. The highest BCUT2D eigenvalue weighted by Crippen LogP contribution is 2.37. The lowest BCUT2D eigenvalue weighted by molar-refractivity contribution is -0.121. The summed E-state index contributed by atoms with van der Waals surface area (Å²) in [4.78, 5) is 30.4. The number of hydrogen-bond acceptors (Lipinski definition) is 5. The van der Waals surface area contributed by atoms with Gasteiger partial charge in [0, 0.05) is 23.9 Å². The van der Waals surface area contributed by atoms with Crippen LogP contribution in [0.3, 0.4) is 0 Å². The molecule has 3 rings (SSSR count). The normalized spacial score (nSPS) is 13.5. The van der Waals surface area contributed by atoms with Crippen LogP contribution in [0.1, 0.15) is 18.2 Å². The Morgan fingerprint density at radius 3 is 3.00 bits per heavy atom. The van der Waals surface area contributed by atoms with E-state index in [-0.39, 0.29) is 18.4 Å². The predicted octanol–water partition coefficient (Wildman–Crippen LogP) is 2.82. The molecule has 0 fully saturated rings. The molecule has 0 bridgehead atoms. The quantitative estimate of drug-likeness (QED) is 0.939. The SMILES string of the molecule is CCC(=O)Nc1nc(-c2ccc3c(c2)N(C)C(=O)CO3)c(C)s1. The van der Waals surface area contributed by atoms with Gasteiger partial charge in [-0.2, -0.15) is 0 Å². The van der Waals surface area contributed by atoms with Crippen LogP contribution in [-0.4, -0.2) is 30.5 Å². The number of aryl methyl sites for hydroxylation is 1. The van der Waals surface area contributed by atoms with Gasteiger partial charge in [0.05, 0.1) is 11.4 Å². The lowest BCUT2D eigenvalue weighted by Crippen LogP contribution is -2.35. The highest BCUT2D eigenvalue weighted by atomic mass is 32.1. The molecule has 0 atom stereocenters. The number of aromatic nitrogens is 1. The highest BCUT2D eigenvalue weighted by molar-refractivity contribution is 7.16. The van der Waals surface area contributed by atoms with Crippen molar-refractivity contribution in [1.82, 2.24) is 4.98 Å². The average Bonchev–Trinajstić information content (AvgIpc) is 2.91. The number of benzene rings is 1. The average molecular weight is 331 g/mol. The van der Waals surface area contributed by atoms with Crippen LogP contribution in [0.2, 0.25) is 0 Å². The van der Waals surface area contributed by atoms with Gasteiger partial charge in [-0.05, 0) is 25.1 Å². The van der Waals surface area contributed by atoms with Crippen LogP contribution in [0.5, 0.6) is 5.75 Å². The van der Waals surface area contributed by atoms with Crippen molar-refractivity contribution in [3.63, 3.8) is 0 Å². The van der Waals surface area contributed by atoms with Gasteiger partial charge < -0.3 is 15.0 Å². The van der Waals surface area contributed by atoms with Crippen molar-refractivity contribution < 1.29 is 14.3 Å². The van der Waals surface area contributed by atoms with E-state index < -0.39 is 0 Å². The zero-order valence-electron chi connectivity index (χ0n) is 13.2. The maximum absolute atomic E-state index is 11.8. The van der Waals surface area contributed by atoms with Gasteiger partial charge in [-0.3, -0.25) is 9.59 Å². The minimum absolute atomic E-state index is 0.0607. The van der Waals surface area contributed by atoms with Crippen molar-refractivity contribution >= 4 is 34.0 Å². The fourth-order valence-corrected chi connectivity index (χ4v) is 3.20. The van der Waals surface area contributed by atoms with Gasteiger partial charge in [0.15, 0.2) is 11.7 Å². The first-order valence-corrected chi connectivity index (χ1v) is 8.12. The van der Waals surface area contributed by atoms with Crippen molar-refractivity contribution in [2.75, 3.05) is 23.9 Å². The predicted molar refractivity (Wildman–Crippen MR) is 90.1 cm³/mol. The summed E-state index contributed by atoms with van der Waals surface area (Å²) in [5.41, 5.74) is 2.42. The first-order valence-electron chi connectivity index (χ1n) is 7.30. The van der Waals surface area contributed by atoms with Crippen molar-refractivity contribution in [3.05, 3.63) is 23.1 Å². The molecular weight excluding hydrogens is 314 g/mol. The molecule has 0 radical (unpaired) electrons. The number of likely N-dealkylation sites (N-methyl/N-ethyl adjacent to an activating group) is 1. The lowest BCUT2D eigenvalue weighted by atomic mass is 10.1. The Hall–Kier alpha value is -2.41. The van der Waals surface area contributed by atoms with E-state index in [1.54, 1.807) is 18.9 Å². The number of fused-ring (bicyclic) bond motifs is 1. The van der Waals surface area contributed by atoms with Gasteiger partial charge in [-0.1, -0.05) is 6.92 Å². The summed E-state index contributed by atoms with van der Waals surface area (Å²) >= 11 is 1.44. The van der Waals surface area contributed by atoms with E-state index in [0.717, 1.165) is 21.8 Å². The van der Waals surface area contributed by atoms with Gasteiger partial charge in [-0.25, -0.2) is 4.98 Å². The molecule has 2 amide bonds. The van der Waals surface area contributed by atoms with Crippen molar-refractivity contribution in [2.45, 2.75) is 20.3 Å². The maximum atomic E-state index is 11.8. The number of hydrogen-bond donors (Lipinski definition) is 1. The van der Waals surface area contributed by atoms with E-state index in [0.29, 0.717) is 17.3 Å². The van der Waals surface area contributed by atoms with Crippen LogP contribution in [-0.2, 0) is 9.59 Å². The summed E-state index contributed by atoms with van der Waals surface area (Å²) in [6.45, 7) is 3.82. The Labute approximate surface area is 138 Å². The Morgan fingerprint density at radius 2 is 2.26 bits per heavy atom. The first-order chi connectivity index (χ1) is 11.0. The monoisotopic (exact) mass is 331 g/mol. The molecule has 0 saturated carbocycles. The smallest absolute Gasteiger partial charge is 0.264 e. The molecule has 1 aromatic heterocycles. The van der Waals surface area contributed by atoms with Crippen molar-refractivity contribution in [2.24, 2.45) is 0 Å². The summed E-state index contributed by atoms with van der Waals surface area (Å²) in [5, 5.41) is 3.37. The molecule has 0 spiro atoms. The zero-order chi connectivity index (χ0) is 16.6. The van der Waals surface area contributed by atoms with Crippen LogP contribution in [0.15, 0.2) is 18.2 Å². The number of rotatable bonds is 3. The summed E-state index contributed by atoms with van der Waals surface area (Å²) < 4.78 is 5.43. The Morgan fingerprint density at radius 1 is 1.48 bits per heavy atom. The standard InChI is InChI=1S/C16H17N3O3S/c1-4-13(20)17-16-18-15(9(2)23-16)10-5-6-12-11(7-10)19(3)14(21)8-22-12/h5-7H,4,8H2,1-3H3,(H,17,18,20). The third-order valence-corrected chi connectivity index (χ3v) is 4.57. The van der Waals surface area contributed by atoms with E-state index >= 15 is 0 Å². The van der Waals surface area contributed by atoms with Gasteiger partial charge in [-0.15, -0.1) is 11.3 Å². The number of amides is 2. The summed E-state index contributed by atoms with van der Waals surface area (Å²) in [5.74, 6) is 0.540. The topological polar surface area (TPSA) is 71.5 Å². The molecule has 1 aliphatic rings. The molecule has 1 aliphatic heterocycles. The molecule has 6 nitrogen and oxygen atoms in total. The second-order valence-electron chi connectivity index (χ2n) is 5.25. The summed E-state index contributed by atoms with van der Waals surface area (Å²) in [6, 6.07) is 5.65. The summed E-state index contributed by atoms with van der Waals surface area (Å²) in [7, 11) is 1.73. The molecule has 2 aromatic rings. The number of carbonyl (C=O) groups is 2. The van der Waals surface area contributed by atoms with E-state index in [2.05, 4.69) is 10.3 Å². The molecular formula is C16H17N3O3S. The first kappa shape index (κ1) is 15.5. The maximum Gasteiger partial charge on any atom is 0.264 e. The van der Waals surface area contributed by atoms with Gasteiger partial charge in [0.1, 0.15) is 5.75 Å². The van der Waals surface area contributed by atoms with Crippen molar-refractivity contribution in [3.8, 4) is 17.0 Å². The van der Waals surface area contributed by atoms with E-state index in [1.807, 2.05) is 25.1 Å². The van der Waals surface area contributed by atoms with Crippen LogP contribution in [0.4, 0.5) is 10.8 Å². The largest absolute Gasteiger partial charge is 0.482 e. The third-order valence-electron chi connectivity index (χ3n) is 3.68. The molecule has 7 heteroatoms. The number of carbonyl (C=O) groups excluding carboxylic acids is 2. The van der Waals surface area contributed by atoms with Crippen LogP contribution >= 0.6 is 11.3 Å². The van der Waals surface area contributed by atoms with Crippen LogP contribution in [0, 0.1) is 6.92 Å².